The summed E-state index contributed by atoms with van der Waals surface area (Å²) in [4.78, 5) is 37.3. The van der Waals surface area contributed by atoms with Gasteiger partial charge in [-0.2, -0.15) is 0 Å². The number of carbonyl (C=O) groups excluding carboxylic acids is 3. The van der Waals surface area contributed by atoms with Crippen LogP contribution in [0.15, 0.2) is 34.1 Å². The highest BCUT2D eigenvalue weighted by molar-refractivity contribution is 6.51. The number of hydrogen-bond acceptors (Lipinski definition) is 4. The van der Waals surface area contributed by atoms with E-state index in [1.165, 1.54) is 13.8 Å². The van der Waals surface area contributed by atoms with Crippen LogP contribution in [0.1, 0.15) is 55.4 Å². The van der Waals surface area contributed by atoms with Crippen LogP contribution in [0.25, 0.3) is 0 Å². The van der Waals surface area contributed by atoms with Crippen LogP contribution in [-0.4, -0.2) is 22.5 Å². The van der Waals surface area contributed by atoms with Gasteiger partial charge >= 0.3 is 0 Å². The lowest BCUT2D eigenvalue weighted by Gasteiger charge is -2.32. The predicted octanol–water partition coefficient (Wildman–Crippen LogP) is 3.87. The molecule has 23 heavy (non-hydrogen) atoms. The molecule has 4 nitrogen and oxygen atoms in total. The molecular weight excluding hydrogens is 292 g/mol. The van der Waals surface area contributed by atoms with Crippen LogP contribution in [0.3, 0.4) is 0 Å². The number of aliphatic hydroxyl groups is 1. The Bertz CT molecular complexity index is 667. The molecule has 0 saturated carbocycles. The Hall–Kier alpha value is -1.97. The SMILES string of the molecule is CC(=O)/C(C1=C(C(C)(C)C)C(=O)C(=O)C(C(C)(C)C)=C1)=C(\C)O. The molecule has 0 bridgehead atoms. The third-order valence-electron chi connectivity index (χ3n) is 3.78. The molecule has 4 heteroatoms. The van der Waals surface area contributed by atoms with Crippen molar-refractivity contribution in [3.05, 3.63) is 34.1 Å². The number of aliphatic hydroxyl groups excluding tert-OH is 1. The quantitative estimate of drug-likeness (QED) is 0.363. The van der Waals surface area contributed by atoms with E-state index in [4.69, 9.17) is 0 Å². The van der Waals surface area contributed by atoms with Crippen molar-refractivity contribution in [2.75, 3.05) is 0 Å². The van der Waals surface area contributed by atoms with E-state index in [1.54, 1.807) is 6.08 Å². The Balaban J connectivity index is 3.94. The number of Topliss-reactive ketones (excluding diaryl/α,β-unsaturated/α-hetero) is 3. The van der Waals surface area contributed by atoms with Crippen molar-refractivity contribution in [2.45, 2.75) is 55.4 Å². The van der Waals surface area contributed by atoms with Gasteiger partial charge < -0.3 is 5.11 Å². The topological polar surface area (TPSA) is 71.4 Å². The zero-order chi connectivity index (χ0) is 18.3. The van der Waals surface area contributed by atoms with E-state index in [0.29, 0.717) is 11.1 Å². The van der Waals surface area contributed by atoms with Gasteiger partial charge in [-0.25, -0.2) is 0 Å². The molecule has 0 radical (unpaired) electrons. The fourth-order valence-corrected chi connectivity index (χ4v) is 2.78. The first-order valence-electron chi connectivity index (χ1n) is 7.66. The van der Waals surface area contributed by atoms with E-state index in [2.05, 4.69) is 0 Å². The van der Waals surface area contributed by atoms with Gasteiger partial charge in [0.25, 0.3) is 0 Å². The van der Waals surface area contributed by atoms with Crippen LogP contribution < -0.4 is 0 Å². The van der Waals surface area contributed by atoms with Gasteiger partial charge in [-0.3, -0.25) is 14.4 Å². The summed E-state index contributed by atoms with van der Waals surface area (Å²) < 4.78 is 0. The summed E-state index contributed by atoms with van der Waals surface area (Å²) in [6.45, 7) is 13.7. The Morgan fingerprint density at radius 1 is 0.913 bits per heavy atom. The Morgan fingerprint density at radius 3 is 1.70 bits per heavy atom. The molecule has 0 aromatic rings. The average Bonchev–Trinajstić information content (AvgIpc) is 2.29. The summed E-state index contributed by atoms with van der Waals surface area (Å²) >= 11 is 0. The van der Waals surface area contributed by atoms with Crippen LogP contribution in [0.2, 0.25) is 0 Å². The van der Waals surface area contributed by atoms with Crippen molar-refractivity contribution in [3.8, 4) is 0 Å². The second kappa shape index (κ2) is 5.91. The first kappa shape index (κ1) is 19.1. The summed E-state index contributed by atoms with van der Waals surface area (Å²) in [7, 11) is 0. The number of ketones is 3. The number of carbonyl (C=O) groups is 3. The standard InChI is InChI=1S/C19H26O4/c1-10(20)14(11(2)21)12-9-13(18(3,4)5)16(22)17(23)15(12)19(6,7)8/h9,20H,1-8H3/b14-10-. The molecule has 0 aromatic carbocycles. The minimum atomic E-state index is -0.627. The molecule has 0 fully saturated rings. The molecule has 126 valence electrons. The molecule has 0 heterocycles. The van der Waals surface area contributed by atoms with E-state index in [9.17, 15) is 19.5 Å². The fourth-order valence-electron chi connectivity index (χ4n) is 2.78. The molecule has 0 amide bonds. The smallest absolute Gasteiger partial charge is 0.230 e. The van der Waals surface area contributed by atoms with Gasteiger partial charge in [0.2, 0.25) is 11.6 Å². The van der Waals surface area contributed by atoms with E-state index >= 15 is 0 Å². The maximum atomic E-state index is 12.7. The van der Waals surface area contributed by atoms with Gasteiger partial charge in [0.05, 0.1) is 5.57 Å². The minimum Gasteiger partial charge on any atom is -0.512 e. The second-order valence-corrected chi connectivity index (χ2v) is 8.02. The van der Waals surface area contributed by atoms with E-state index in [1.807, 2.05) is 41.5 Å². The molecule has 0 aliphatic heterocycles. The first-order chi connectivity index (χ1) is 10.2. The van der Waals surface area contributed by atoms with Crippen molar-refractivity contribution >= 4 is 17.3 Å². The van der Waals surface area contributed by atoms with Gasteiger partial charge in [-0.15, -0.1) is 0 Å². The lowest BCUT2D eigenvalue weighted by atomic mass is 9.69. The van der Waals surface area contributed by atoms with Gasteiger partial charge in [0, 0.05) is 11.1 Å². The van der Waals surface area contributed by atoms with Crippen LogP contribution >= 0.6 is 0 Å². The molecular formula is C19H26O4. The highest BCUT2D eigenvalue weighted by Gasteiger charge is 2.40. The summed E-state index contributed by atoms with van der Waals surface area (Å²) in [5.41, 5.74) is -0.0817. The monoisotopic (exact) mass is 318 g/mol. The van der Waals surface area contributed by atoms with Gasteiger partial charge in [-0.05, 0) is 36.3 Å². The second-order valence-electron chi connectivity index (χ2n) is 8.02. The number of rotatable bonds is 2. The van der Waals surface area contributed by atoms with Crippen LogP contribution in [0.4, 0.5) is 0 Å². The Labute approximate surface area is 138 Å². The molecule has 0 aromatic heterocycles. The third-order valence-corrected chi connectivity index (χ3v) is 3.78. The summed E-state index contributed by atoms with van der Waals surface area (Å²) in [5.74, 6) is -1.63. The molecule has 1 N–H and O–H groups in total. The first-order valence-corrected chi connectivity index (χ1v) is 7.66. The zero-order valence-electron chi connectivity index (χ0n) is 15.2. The van der Waals surface area contributed by atoms with Crippen molar-refractivity contribution in [1.29, 1.82) is 0 Å². The maximum absolute atomic E-state index is 12.7. The van der Waals surface area contributed by atoms with Crippen molar-refractivity contribution in [3.63, 3.8) is 0 Å². The fraction of sp³-hybridized carbons (Fsp3) is 0.526. The minimum absolute atomic E-state index is 0.0949. The largest absolute Gasteiger partial charge is 0.512 e. The van der Waals surface area contributed by atoms with Gasteiger partial charge in [-0.1, -0.05) is 41.5 Å². The molecule has 0 saturated heterocycles. The summed E-state index contributed by atoms with van der Waals surface area (Å²) in [5, 5.41) is 9.96. The maximum Gasteiger partial charge on any atom is 0.230 e. The van der Waals surface area contributed by atoms with Crippen LogP contribution in [0, 0.1) is 10.8 Å². The van der Waals surface area contributed by atoms with Crippen LogP contribution in [-0.2, 0) is 14.4 Å². The molecule has 1 aliphatic rings. The highest BCUT2D eigenvalue weighted by atomic mass is 16.3. The van der Waals surface area contributed by atoms with Crippen LogP contribution in [0.5, 0.6) is 0 Å². The number of hydrogen-bond donors (Lipinski definition) is 1. The Kier molecular flexibility index (Phi) is 4.90. The normalized spacial score (nSPS) is 18.0. The van der Waals surface area contributed by atoms with Gasteiger partial charge in [0.1, 0.15) is 5.76 Å². The van der Waals surface area contributed by atoms with Gasteiger partial charge in [0.15, 0.2) is 5.78 Å². The molecule has 0 atom stereocenters. The molecule has 0 unspecified atom stereocenters. The third kappa shape index (κ3) is 3.69. The highest BCUT2D eigenvalue weighted by Crippen LogP contribution is 2.40. The average molecular weight is 318 g/mol. The summed E-state index contributed by atoms with van der Waals surface area (Å²) in [6, 6.07) is 0. The van der Waals surface area contributed by atoms with E-state index < -0.39 is 22.4 Å². The van der Waals surface area contributed by atoms with E-state index in [0.717, 1.165) is 0 Å². The molecule has 1 aliphatic carbocycles. The lowest BCUT2D eigenvalue weighted by molar-refractivity contribution is -0.133. The predicted molar refractivity (Wildman–Crippen MR) is 90.0 cm³/mol. The Morgan fingerprint density at radius 2 is 1.39 bits per heavy atom. The zero-order valence-corrected chi connectivity index (χ0v) is 15.2. The van der Waals surface area contributed by atoms with Crippen molar-refractivity contribution in [2.24, 2.45) is 10.8 Å². The molecule has 0 spiro atoms. The van der Waals surface area contributed by atoms with E-state index in [-0.39, 0.29) is 22.7 Å². The lowest BCUT2D eigenvalue weighted by Crippen LogP contribution is -2.35. The summed E-state index contributed by atoms with van der Waals surface area (Å²) in [6.07, 6.45) is 1.60. The van der Waals surface area contributed by atoms with Crippen molar-refractivity contribution < 1.29 is 19.5 Å². The van der Waals surface area contributed by atoms with Crippen molar-refractivity contribution in [1.82, 2.24) is 0 Å². The molecule has 1 rings (SSSR count). The number of allylic oxidation sites excluding steroid dienone is 6.